The topological polar surface area (TPSA) is 118 Å². The minimum absolute atomic E-state index is 0.308. The summed E-state index contributed by atoms with van der Waals surface area (Å²) in [6.45, 7) is 5.13. The van der Waals surface area contributed by atoms with Crippen LogP contribution < -0.4 is 5.32 Å². The van der Waals surface area contributed by atoms with Crippen LogP contribution in [-0.4, -0.2) is 41.1 Å². The fraction of sp³-hybridized carbons (Fsp3) is 0.412. The highest BCUT2D eigenvalue weighted by molar-refractivity contribution is 6.62. The zero-order chi connectivity index (χ0) is 19.0. The molecule has 0 saturated heterocycles. The average Bonchev–Trinajstić information content (AvgIpc) is 2.53. The van der Waals surface area contributed by atoms with E-state index >= 15 is 0 Å². The predicted molar refractivity (Wildman–Crippen MR) is 88.8 cm³/mol. The second-order valence-corrected chi connectivity index (χ2v) is 6.18. The molecule has 0 aliphatic rings. The molecule has 0 unspecified atom stereocenters. The second-order valence-electron chi connectivity index (χ2n) is 6.18. The number of hydrogen-bond acceptors (Lipinski definition) is 5. The van der Waals surface area contributed by atoms with Gasteiger partial charge in [0.2, 0.25) is 0 Å². The number of nitrogens with zero attached hydrogens (tertiary/aromatic N) is 2. The third-order valence-electron chi connectivity index (χ3n) is 3.03. The fourth-order valence-corrected chi connectivity index (χ4v) is 1.98. The van der Waals surface area contributed by atoms with Gasteiger partial charge in [0, 0.05) is 6.42 Å². The van der Waals surface area contributed by atoms with Crippen LogP contribution in [0.4, 0.5) is 4.79 Å². The van der Waals surface area contributed by atoms with Gasteiger partial charge in [-0.15, -0.1) is 0 Å². The van der Waals surface area contributed by atoms with Gasteiger partial charge in [-0.1, -0.05) is 30.3 Å². The summed E-state index contributed by atoms with van der Waals surface area (Å²) in [4.78, 5) is 38.4. The molecule has 0 radical (unpaired) electrons. The molecule has 1 rings (SSSR count). The molecule has 25 heavy (non-hydrogen) atoms. The van der Waals surface area contributed by atoms with Crippen LogP contribution in [0.5, 0.6) is 0 Å². The molecule has 0 aliphatic heterocycles. The Hall–Kier alpha value is -2.99. The van der Waals surface area contributed by atoms with E-state index < -0.39 is 35.2 Å². The van der Waals surface area contributed by atoms with Gasteiger partial charge in [0.1, 0.15) is 5.60 Å². The minimum atomic E-state index is -1.06. The van der Waals surface area contributed by atoms with E-state index in [1.807, 2.05) is 0 Å². The van der Waals surface area contributed by atoms with Crippen LogP contribution in [0.2, 0.25) is 0 Å². The first-order valence-electron chi connectivity index (χ1n) is 7.56. The Bertz CT molecular complexity index is 688. The molecule has 8 heteroatoms. The normalized spacial score (nSPS) is 11.7. The largest absolute Gasteiger partial charge is 0.460 e. The average molecular weight is 347 g/mol. The highest BCUT2D eigenvalue weighted by Gasteiger charge is 2.33. The number of carbonyl (C=O) groups excluding carboxylic acids is 3. The van der Waals surface area contributed by atoms with Gasteiger partial charge in [-0.25, -0.2) is 9.59 Å². The molecule has 1 aromatic rings. The molecule has 0 spiro atoms. The highest BCUT2D eigenvalue weighted by Crippen LogP contribution is 2.18. The Morgan fingerprint density at radius 3 is 2.28 bits per heavy atom. The van der Waals surface area contributed by atoms with E-state index in [9.17, 15) is 14.4 Å². The Morgan fingerprint density at radius 2 is 1.80 bits per heavy atom. The maximum Gasteiger partial charge on any atom is 0.441 e. The van der Waals surface area contributed by atoms with Crippen LogP contribution in [0.1, 0.15) is 38.8 Å². The summed E-state index contributed by atoms with van der Waals surface area (Å²) in [5.41, 5.74) is 8.05. The monoisotopic (exact) mass is 347 g/mol. The van der Waals surface area contributed by atoms with Crippen LogP contribution in [0.3, 0.4) is 0 Å². The number of rotatable bonds is 6. The first-order chi connectivity index (χ1) is 11.7. The van der Waals surface area contributed by atoms with E-state index in [0.717, 1.165) is 7.11 Å². The zero-order valence-electron chi connectivity index (χ0n) is 14.6. The number of Topliss-reactive ketones (excluding diaryl/α,β-unsaturated/α-hetero) is 1. The molecule has 1 amide bonds. The lowest BCUT2D eigenvalue weighted by atomic mass is 9.99. The van der Waals surface area contributed by atoms with E-state index in [2.05, 4.69) is 14.8 Å². The van der Waals surface area contributed by atoms with Gasteiger partial charge in [0.15, 0.2) is 0 Å². The van der Waals surface area contributed by atoms with Crippen LogP contribution in [0.15, 0.2) is 30.3 Å². The van der Waals surface area contributed by atoms with Gasteiger partial charge in [-0.2, -0.15) is 4.79 Å². The van der Waals surface area contributed by atoms with Crippen molar-refractivity contribution in [2.24, 2.45) is 0 Å². The smallest absolute Gasteiger partial charge is 0.441 e. The lowest BCUT2D eigenvalue weighted by Gasteiger charge is -2.23. The van der Waals surface area contributed by atoms with Crippen molar-refractivity contribution in [2.45, 2.75) is 38.8 Å². The van der Waals surface area contributed by atoms with Crippen molar-refractivity contribution < 1.29 is 28.6 Å². The molecular formula is C17H21N3O5. The molecule has 8 nitrogen and oxygen atoms in total. The molecule has 1 aromatic carbocycles. The molecule has 1 atom stereocenters. The van der Waals surface area contributed by atoms with Crippen molar-refractivity contribution in [2.75, 3.05) is 7.11 Å². The van der Waals surface area contributed by atoms with Crippen molar-refractivity contribution in [3.8, 4) is 0 Å². The first-order valence-corrected chi connectivity index (χ1v) is 7.56. The zero-order valence-corrected chi connectivity index (χ0v) is 14.6. The molecule has 0 aromatic heterocycles. The Kier molecular flexibility index (Phi) is 7.02. The third kappa shape index (κ3) is 6.56. The van der Waals surface area contributed by atoms with Crippen molar-refractivity contribution in [1.29, 1.82) is 0 Å². The summed E-state index contributed by atoms with van der Waals surface area (Å²) in [5, 5.41) is 2.59. The molecule has 134 valence electrons. The SMILES string of the molecule is COC(=O)C(=[N+]=[N-])C(=O)C[C@@H](NC(=O)OC(C)(C)C)c1ccccc1. The first kappa shape index (κ1) is 20.1. The number of benzene rings is 1. The van der Waals surface area contributed by atoms with Crippen molar-refractivity contribution >= 4 is 23.6 Å². The van der Waals surface area contributed by atoms with Crippen LogP contribution in [0, 0.1) is 0 Å². The maximum atomic E-state index is 12.2. The number of ketones is 1. The fourth-order valence-electron chi connectivity index (χ4n) is 1.98. The third-order valence-corrected chi connectivity index (χ3v) is 3.03. The molecule has 0 aliphatic carbocycles. The summed E-state index contributed by atoms with van der Waals surface area (Å²) < 4.78 is 9.59. The molecule has 0 saturated carbocycles. The summed E-state index contributed by atoms with van der Waals surface area (Å²) in [7, 11) is 1.06. The van der Waals surface area contributed by atoms with Crippen molar-refractivity contribution in [3.05, 3.63) is 41.4 Å². The number of methoxy groups -OCH3 is 1. The second kappa shape index (κ2) is 8.75. The van der Waals surface area contributed by atoms with E-state index in [1.54, 1.807) is 51.1 Å². The van der Waals surface area contributed by atoms with E-state index in [1.165, 1.54) is 0 Å². The molecule has 0 fully saturated rings. The quantitative estimate of drug-likeness (QED) is 0.278. The Labute approximate surface area is 145 Å². The van der Waals surface area contributed by atoms with E-state index in [0.29, 0.717) is 5.56 Å². The summed E-state index contributed by atoms with van der Waals surface area (Å²) in [6, 6.07) is 7.91. The number of nitrogens with one attached hydrogen (secondary N) is 1. The Morgan fingerprint density at radius 1 is 1.20 bits per heavy atom. The number of carbonyl (C=O) groups is 3. The van der Waals surface area contributed by atoms with Crippen LogP contribution >= 0.6 is 0 Å². The van der Waals surface area contributed by atoms with Gasteiger partial charge >= 0.3 is 17.8 Å². The van der Waals surface area contributed by atoms with Gasteiger partial charge < -0.3 is 20.3 Å². The van der Waals surface area contributed by atoms with Gasteiger partial charge in [0.25, 0.3) is 5.78 Å². The number of esters is 1. The Balaban J connectivity index is 3.00. The number of ether oxygens (including phenoxy) is 2. The lowest BCUT2D eigenvalue weighted by molar-refractivity contribution is -0.139. The van der Waals surface area contributed by atoms with E-state index in [-0.39, 0.29) is 6.42 Å². The van der Waals surface area contributed by atoms with Gasteiger partial charge in [-0.3, -0.25) is 4.79 Å². The van der Waals surface area contributed by atoms with Crippen molar-refractivity contribution in [3.63, 3.8) is 0 Å². The number of hydrogen-bond donors (Lipinski definition) is 1. The molecule has 0 bridgehead atoms. The van der Waals surface area contributed by atoms with Crippen molar-refractivity contribution in [1.82, 2.24) is 5.32 Å². The van der Waals surface area contributed by atoms with Crippen LogP contribution in [-0.2, 0) is 19.1 Å². The predicted octanol–water partition coefficient (Wildman–Crippen LogP) is 2.06. The highest BCUT2D eigenvalue weighted by atomic mass is 16.6. The lowest BCUT2D eigenvalue weighted by Crippen LogP contribution is -2.37. The minimum Gasteiger partial charge on any atom is -0.460 e. The van der Waals surface area contributed by atoms with E-state index in [4.69, 9.17) is 10.3 Å². The molecular weight excluding hydrogens is 326 g/mol. The molecule has 0 heterocycles. The van der Waals surface area contributed by atoms with Crippen LogP contribution in [0.25, 0.3) is 5.53 Å². The van der Waals surface area contributed by atoms with Gasteiger partial charge in [0.05, 0.1) is 13.2 Å². The summed E-state index contributed by atoms with van der Waals surface area (Å²) >= 11 is 0. The standard InChI is InChI=1S/C17H21N3O5/c1-17(2,3)25-16(23)19-12(11-8-6-5-7-9-11)10-13(21)14(20-18)15(22)24-4/h5-9,12H,10H2,1-4H3,(H,19,23)/t12-/m1/s1. The maximum absolute atomic E-state index is 12.2. The van der Waals surface area contributed by atoms with Gasteiger partial charge in [-0.05, 0) is 26.3 Å². The molecule has 1 N–H and O–H groups in total. The number of alkyl carbamates (subject to hydrolysis) is 1. The summed E-state index contributed by atoms with van der Waals surface area (Å²) in [5.74, 6) is -1.84. The number of amides is 1. The summed E-state index contributed by atoms with van der Waals surface area (Å²) in [6.07, 6.45) is -1.02.